The van der Waals surface area contributed by atoms with E-state index in [1.165, 1.54) is 54.8 Å². The van der Waals surface area contributed by atoms with Gasteiger partial charge in [0.15, 0.2) is 0 Å². The van der Waals surface area contributed by atoms with E-state index in [0.717, 1.165) is 12.5 Å². The monoisotopic (exact) mass is 308 g/mol. The number of unbranched alkanes of at least 4 members (excludes halogenated alkanes) is 5. The van der Waals surface area contributed by atoms with Crippen molar-refractivity contribution in [3.05, 3.63) is 0 Å². The van der Waals surface area contributed by atoms with Crippen LogP contribution in [0.15, 0.2) is 0 Å². The van der Waals surface area contributed by atoms with Gasteiger partial charge in [0.2, 0.25) is 0 Å². The van der Waals surface area contributed by atoms with Crippen molar-refractivity contribution in [1.82, 2.24) is 0 Å². The zero-order valence-electron chi connectivity index (χ0n) is 14.1. The first-order chi connectivity index (χ1) is 9.16. The lowest BCUT2D eigenvalue weighted by atomic mass is 10.2. The Hall–Kier alpha value is 0.314. The van der Waals surface area contributed by atoms with Crippen molar-refractivity contribution >= 4 is 19.0 Å². The fourth-order valence-corrected chi connectivity index (χ4v) is 4.12. The first-order valence-corrected chi connectivity index (χ1v) is 11.2. The van der Waals surface area contributed by atoms with Crippen LogP contribution in [0.1, 0.15) is 58.8 Å². The molecule has 0 spiro atoms. The van der Waals surface area contributed by atoms with Crippen LogP contribution in [-0.2, 0) is 13.3 Å². The predicted molar refractivity (Wildman–Crippen MR) is 90.0 cm³/mol. The summed E-state index contributed by atoms with van der Waals surface area (Å²) >= 11 is 0. The molecule has 0 saturated heterocycles. The molecular formula is C14H36O3Si2. The van der Waals surface area contributed by atoms with Gasteiger partial charge in [-0.15, -0.1) is 0 Å². The standard InChI is InChI=1S/C8H20O3Si.C6H16Si/c1-5-6-7-8-12(9-2,10-3)11-4;1-2-3-4-5-6-7/h5-8H2,1-4H3;2-6H2,1,7H3. The number of hydrogen-bond donors (Lipinski definition) is 0. The van der Waals surface area contributed by atoms with Crippen LogP contribution in [0.4, 0.5) is 0 Å². The van der Waals surface area contributed by atoms with E-state index in [1.54, 1.807) is 21.3 Å². The lowest BCUT2D eigenvalue weighted by Crippen LogP contribution is -2.42. The molecule has 0 rings (SSSR count). The highest BCUT2D eigenvalue weighted by Gasteiger charge is 2.36. The molecule has 0 atom stereocenters. The molecule has 0 fully saturated rings. The maximum absolute atomic E-state index is 5.28. The van der Waals surface area contributed by atoms with E-state index in [-0.39, 0.29) is 0 Å². The SMILES string of the molecule is CCCCCC[SiH3].CCCCC[Si](OC)(OC)OC. The van der Waals surface area contributed by atoms with Gasteiger partial charge in [-0.25, -0.2) is 0 Å². The zero-order chi connectivity index (χ0) is 15.0. The number of rotatable bonds is 11. The maximum atomic E-state index is 5.28. The van der Waals surface area contributed by atoms with Crippen LogP contribution in [0.25, 0.3) is 0 Å². The Bertz CT molecular complexity index is 153. The summed E-state index contributed by atoms with van der Waals surface area (Å²) in [4.78, 5) is 0. The van der Waals surface area contributed by atoms with Crippen molar-refractivity contribution in [2.24, 2.45) is 0 Å². The molecule has 5 heteroatoms. The van der Waals surface area contributed by atoms with Gasteiger partial charge in [-0.1, -0.05) is 58.4 Å². The summed E-state index contributed by atoms with van der Waals surface area (Å²) in [6, 6.07) is 2.42. The van der Waals surface area contributed by atoms with Gasteiger partial charge >= 0.3 is 8.80 Å². The molecule has 0 bridgehead atoms. The van der Waals surface area contributed by atoms with Gasteiger partial charge in [-0.3, -0.25) is 0 Å². The van der Waals surface area contributed by atoms with E-state index >= 15 is 0 Å². The fourth-order valence-electron chi connectivity index (χ4n) is 1.82. The van der Waals surface area contributed by atoms with Gasteiger partial charge in [0, 0.05) is 37.6 Å². The van der Waals surface area contributed by atoms with Gasteiger partial charge in [0.25, 0.3) is 0 Å². The molecule has 0 aromatic heterocycles. The number of hydrogen-bond acceptors (Lipinski definition) is 3. The van der Waals surface area contributed by atoms with Crippen LogP contribution in [0.3, 0.4) is 0 Å². The molecule has 0 saturated carbocycles. The van der Waals surface area contributed by atoms with E-state index in [4.69, 9.17) is 13.3 Å². The Morgan fingerprint density at radius 2 is 1.21 bits per heavy atom. The van der Waals surface area contributed by atoms with Gasteiger partial charge in [0.1, 0.15) is 0 Å². The molecule has 0 aliphatic carbocycles. The summed E-state index contributed by atoms with van der Waals surface area (Å²) in [5, 5.41) is 0. The predicted octanol–water partition coefficient (Wildman–Crippen LogP) is 3.41. The van der Waals surface area contributed by atoms with Crippen LogP contribution in [0.5, 0.6) is 0 Å². The minimum Gasteiger partial charge on any atom is -0.377 e. The van der Waals surface area contributed by atoms with E-state index in [0.29, 0.717) is 0 Å². The molecule has 0 aromatic carbocycles. The molecule has 19 heavy (non-hydrogen) atoms. The first kappa shape index (κ1) is 21.6. The van der Waals surface area contributed by atoms with E-state index < -0.39 is 8.80 Å². The molecule has 0 heterocycles. The Labute approximate surface area is 125 Å². The summed E-state index contributed by atoms with van der Waals surface area (Å²) in [6.45, 7) is 4.43. The largest absolute Gasteiger partial charge is 0.500 e. The average Bonchev–Trinajstić information content (AvgIpc) is 2.46. The summed E-state index contributed by atoms with van der Waals surface area (Å²) < 4.78 is 15.8. The molecule has 0 N–H and O–H groups in total. The topological polar surface area (TPSA) is 27.7 Å². The second kappa shape index (κ2) is 16.4. The molecule has 118 valence electrons. The van der Waals surface area contributed by atoms with Crippen LogP contribution in [0, 0.1) is 0 Å². The Balaban J connectivity index is 0. The van der Waals surface area contributed by atoms with Crippen LogP contribution >= 0.6 is 0 Å². The first-order valence-electron chi connectivity index (χ1n) is 7.81. The molecular weight excluding hydrogens is 272 g/mol. The molecule has 0 unspecified atom stereocenters. The molecule has 0 amide bonds. The van der Waals surface area contributed by atoms with Crippen LogP contribution in [0.2, 0.25) is 12.1 Å². The molecule has 0 radical (unpaired) electrons. The van der Waals surface area contributed by atoms with Crippen molar-refractivity contribution in [1.29, 1.82) is 0 Å². The molecule has 0 aliphatic rings. The highest BCUT2D eigenvalue weighted by molar-refractivity contribution is 6.60. The third kappa shape index (κ3) is 13.1. The fraction of sp³-hybridized carbons (Fsp3) is 1.00. The molecule has 0 aromatic rings. The van der Waals surface area contributed by atoms with E-state index in [2.05, 4.69) is 13.8 Å². The van der Waals surface area contributed by atoms with Gasteiger partial charge in [-0.2, -0.15) is 0 Å². The lowest BCUT2D eigenvalue weighted by Gasteiger charge is -2.23. The summed E-state index contributed by atoms with van der Waals surface area (Å²) in [5.74, 6) is 0. The van der Waals surface area contributed by atoms with E-state index in [1.807, 2.05) is 0 Å². The minimum atomic E-state index is -2.25. The third-order valence-electron chi connectivity index (χ3n) is 3.23. The summed E-state index contributed by atoms with van der Waals surface area (Å²) in [7, 11) is 4.12. The van der Waals surface area contributed by atoms with Gasteiger partial charge in [-0.05, 0) is 6.42 Å². The second-order valence-corrected chi connectivity index (χ2v) is 8.90. The Morgan fingerprint density at radius 1 is 0.737 bits per heavy atom. The van der Waals surface area contributed by atoms with Crippen molar-refractivity contribution in [2.75, 3.05) is 21.3 Å². The Kier molecular flexibility index (Phi) is 18.6. The van der Waals surface area contributed by atoms with Crippen molar-refractivity contribution < 1.29 is 13.3 Å². The van der Waals surface area contributed by atoms with Crippen molar-refractivity contribution in [3.8, 4) is 0 Å². The summed E-state index contributed by atoms with van der Waals surface area (Å²) in [6.07, 6.45) is 9.33. The average molecular weight is 309 g/mol. The smallest absolute Gasteiger partial charge is 0.377 e. The van der Waals surface area contributed by atoms with Crippen molar-refractivity contribution in [3.63, 3.8) is 0 Å². The highest BCUT2D eigenvalue weighted by Crippen LogP contribution is 2.16. The van der Waals surface area contributed by atoms with Crippen LogP contribution in [-0.4, -0.2) is 40.4 Å². The van der Waals surface area contributed by atoms with Gasteiger partial charge < -0.3 is 13.3 Å². The second-order valence-electron chi connectivity index (χ2n) is 4.81. The quantitative estimate of drug-likeness (QED) is 0.432. The molecule has 3 nitrogen and oxygen atoms in total. The minimum absolute atomic E-state index is 0.921. The lowest BCUT2D eigenvalue weighted by molar-refractivity contribution is 0.123. The summed E-state index contributed by atoms with van der Waals surface area (Å²) in [5.41, 5.74) is 0. The maximum Gasteiger partial charge on any atom is 0.500 e. The highest BCUT2D eigenvalue weighted by atomic mass is 28.4. The van der Waals surface area contributed by atoms with E-state index in [9.17, 15) is 0 Å². The normalized spacial score (nSPS) is 11.2. The zero-order valence-corrected chi connectivity index (χ0v) is 17.1. The van der Waals surface area contributed by atoms with Crippen LogP contribution < -0.4 is 0 Å². The molecule has 0 aliphatic heterocycles. The Morgan fingerprint density at radius 3 is 1.58 bits per heavy atom. The third-order valence-corrected chi connectivity index (χ3v) is 6.77. The van der Waals surface area contributed by atoms with Crippen molar-refractivity contribution in [2.45, 2.75) is 70.9 Å². The van der Waals surface area contributed by atoms with Gasteiger partial charge in [0.05, 0.1) is 0 Å².